The summed E-state index contributed by atoms with van der Waals surface area (Å²) in [7, 11) is -4.25. The van der Waals surface area contributed by atoms with E-state index in [1.165, 1.54) is 29.8 Å². The summed E-state index contributed by atoms with van der Waals surface area (Å²) in [6.45, 7) is 7.29. The minimum absolute atomic E-state index is 0.0605. The molecule has 7 nitrogen and oxygen atoms in total. The van der Waals surface area contributed by atoms with Crippen LogP contribution in [-0.4, -0.2) is 32.2 Å². The van der Waals surface area contributed by atoms with Gasteiger partial charge >= 0.3 is 6.03 Å². The van der Waals surface area contributed by atoms with Crippen molar-refractivity contribution in [3.8, 4) is 5.75 Å². The molecule has 2 rings (SSSR count). The maximum Gasteiger partial charge on any atom is 0.319 e. The second kappa shape index (κ2) is 9.60. The maximum atomic E-state index is 11.9. The first-order valence-electron chi connectivity index (χ1n) is 9.02. The zero-order valence-electron chi connectivity index (χ0n) is 16.5. The highest BCUT2D eigenvalue weighted by Gasteiger charge is 2.15. The molecule has 0 aromatic heterocycles. The molecule has 0 atom stereocenters. The van der Waals surface area contributed by atoms with Gasteiger partial charge in [0.2, 0.25) is 0 Å². The lowest BCUT2D eigenvalue weighted by atomic mass is 9.87. The highest BCUT2D eigenvalue weighted by molar-refractivity contribution is 9.10. The number of hydrogen-bond acceptors (Lipinski definition) is 4. The van der Waals surface area contributed by atoms with Crippen LogP contribution in [-0.2, 0) is 15.5 Å². The summed E-state index contributed by atoms with van der Waals surface area (Å²) < 4.78 is 37.6. The first kappa shape index (κ1) is 23.2. The van der Waals surface area contributed by atoms with Crippen molar-refractivity contribution in [2.75, 3.05) is 18.5 Å². The minimum atomic E-state index is -4.25. The van der Waals surface area contributed by atoms with Crippen LogP contribution in [0.4, 0.5) is 10.5 Å². The van der Waals surface area contributed by atoms with E-state index in [4.69, 9.17) is 9.29 Å². The van der Waals surface area contributed by atoms with Gasteiger partial charge in [0.15, 0.2) is 0 Å². The second-order valence-corrected chi connectivity index (χ2v) is 9.75. The Morgan fingerprint density at radius 1 is 1.14 bits per heavy atom. The molecule has 2 aromatic carbocycles. The molecule has 9 heteroatoms. The molecular weight excluding hydrogens is 460 g/mol. The molecule has 158 valence electrons. The van der Waals surface area contributed by atoms with Crippen LogP contribution in [0.5, 0.6) is 5.75 Å². The van der Waals surface area contributed by atoms with Crippen LogP contribution in [0.2, 0.25) is 0 Å². The summed E-state index contributed by atoms with van der Waals surface area (Å²) in [5.74, 6) is 0.751. The van der Waals surface area contributed by atoms with E-state index in [-0.39, 0.29) is 10.3 Å². The van der Waals surface area contributed by atoms with Gasteiger partial charge in [0.1, 0.15) is 5.75 Å². The lowest BCUT2D eigenvalue weighted by Crippen LogP contribution is -2.30. The van der Waals surface area contributed by atoms with Crippen molar-refractivity contribution >= 4 is 37.8 Å². The van der Waals surface area contributed by atoms with E-state index in [0.717, 1.165) is 10.2 Å². The van der Waals surface area contributed by atoms with Gasteiger partial charge in [0.05, 0.1) is 16.0 Å². The van der Waals surface area contributed by atoms with Crippen molar-refractivity contribution in [1.82, 2.24) is 5.32 Å². The third-order valence-corrected chi connectivity index (χ3v) is 5.56. The number of ether oxygens (including phenoxy) is 1. The van der Waals surface area contributed by atoms with E-state index in [1.54, 1.807) is 0 Å². The third-order valence-electron chi connectivity index (χ3n) is 4.07. The molecule has 0 aliphatic heterocycles. The van der Waals surface area contributed by atoms with Crippen molar-refractivity contribution in [3.05, 3.63) is 52.5 Å². The van der Waals surface area contributed by atoms with Gasteiger partial charge in [-0.2, -0.15) is 8.42 Å². The number of nitrogens with one attached hydrogen (secondary N) is 2. The number of benzene rings is 2. The molecule has 0 spiro atoms. The molecule has 0 saturated carbocycles. The third kappa shape index (κ3) is 7.34. The van der Waals surface area contributed by atoms with Crippen LogP contribution in [0, 0.1) is 0 Å². The van der Waals surface area contributed by atoms with Crippen molar-refractivity contribution in [2.45, 2.75) is 37.5 Å². The lowest BCUT2D eigenvalue weighted by Gasteiger charge is -2.20. The van der Waals surface area contributed by atoms with Crippen LogP contribution in [0.1, 0.15) is 32.8 Å². The van der Waals surface area contributed by atoms with Crippen molar-refractivity contribution in [2.24, 2.45) is 0 Å². The van der Waals surface area contributed by atoms with Gasteiger partial charge in [-0.05, 0) is 69.7 Å². The zero-order valence-corrected chi connectivity index (χ0v) is 18.9. The summed E-state index contributed by atoms with van der Waals surface area (Å²) in [6, 6.07) is 10.8. The molecule has 0 unspecified atom stereocenters. The standard InChI is InChI=1S/C20H25BrN2O5S/c1-20(2,3)14-5-10-18(17(21)13-14)28-12-4-11-22-19(24)23-15-6-8-16(9-7-15)29(25,26)27/h5-10,13H,4,11-12H2,1-3H3,(H2,22,23,24)(H,25,26,27). The smallest absolute Gasteiger partial charge is 0.319 e. The Kier molecular flexibility index (Phi) is 7.67. The van der Waals surface area contributed by atoms with E-state index in [0.29, 0.717) is 25.3 Å². The van der Waals surface area contributed by atoms with Crippen LogP contribution in [0.25, 0.3) is 0 Å². The fraction of sp³-hybridized carbons (Fsp3) is 0.350. The van der Waals surface area contributed by atoms with Gasteiger partial charge in [0, 0.05) is 12.2 Å². The number of anilines is 1. The SMILES string of the molecule is CC(C)(C)c1ccc(OCCCNC(=O)Nc2ccc(S(=O)(=O)O)cc2)c(Br)c1. The molecule has 29 heavy (non-hydrogen) atoms. The fourth-order valence-electron chi connectivity index (χ4n) is 2.43. The molecule has 0 fully saturated rings. The largest absolute Gasteiger partial charge is 0.492 e. The van der Waals surface area contributed by atoms with Gasteiger partial charge in [-0.15, -0.1) is 0 Å². The van der Waals surface area contributed by atoms with Gasteiger partial charge < -0.3 is 15.4 Å². The summed E-state index contributed by atoms with van der Waals surface area (Å²) >= 11 is 3.53. The Bertz CT molecular complexity index is 954. The number of carbonyl (C=O) groups is 1. The van der Waals surface area contributed by atoms with Crippen LogP contribution in [0.3, 0.4) is 0 Å². The topological polar surface area (TPSA) is 105 Å². The van der Waals surface area contributed by atoms with Crippen molar-refractivity contribution < 1.29 is 22.5 Å². The Hall–Kier alpha value is -2.10. The molecule has 2 aromatic rings. The Morgan fingerprint density at radius 2 is 1.79 bits per heavy atom. The van der Waals surface area contributed by atoms with E-state index in [2.05, 4.69) is 47.3 Å². The first-order valence-corrected chi connectivity index (χ1v) is 11.3. The average molecular weight is 485 g/mol. The molecule has 3 N–H and O–H groups in total. The number of urea groups is 1. The molecule has 0 aliphatic rings. The quantitative estimate of drug-likeness (QED) is 0.393. The summed E-state index contributed by atoms with van der Waals surface area (Å²) in [5, 5.41) is 5.28. The number of amides is 2. The van der Waals surface area contributed by atoms with E-state index in [1.807, 2.05) is 18.2 Å². The number of rotatable bonds is 7. The van der Waals surface area contributed by atoms with Gasteiger partial charge in [-0.3, -0.25) is 4.55 Å². The predicted octanol–water partition coefficient (Wildman–Crippen LogP) is 4.58. The van der Waals surface area contributed by atoms with E-state index in [9.17, 15) is 13.2 Å². The molecule has 0 bridgehead atoms. The van der Waals surface area contributed by atoms with Crippen LogP contribution >= 0.6 is 15.9 Å². The van der Waals surface area contributed by atoms with Crippen molar-refractivity contribution in [1.29, 1.82) is 0 Å². The molecular formula is C20H25BrN2O5S. The monoisotopic (exact) mass is 484 g/mol. The van der Waals surface area contributed by atoms with E-state index < -0.39 is 16.1 Å². The van der Waals surface area contributed by atoms with Crippen LogP contribution < -0.4 is 15.4 Å². The Morgan fingerprint density at radius 3 is 2.34 bits per heavy atom. The maximum absolute atomic E-state index is 11.9. The minimum Gasteiger partial charge on any atom is -0.492 e. The normalized spacial score (nSPS) is 11.8. The zero-order chi connectivity index (χ0) is 21.7. The number of halogens is 1. The summed E-state index contributed by atoms with van der Waals surface area (Å²) in [4.78, 5) is 11.6. The Balaban J connectivity index is 1.73. The Labute approximate surface area is 179 Å². The molecule has 2 amide bonds. The number of hydrogen-bond donors (Lipinski definition) is 3. The van der Waals surface area contributed by atoms with Crippen molar-refractivity contribution in [3.63, 3.8) is 0 Å². The van der Waals surface area contributed by atoms with E-state index >= 15 is 0 Å². The summed E-state index contributed by atoms with van der Waals surface area (Å²) in [6.07, 6.45) is 0.614. The molecule has 0 heterocycles. The summed E-state index contributed by atoms with van der Waals surface area (Å²) in [5.41, 5.74) is 1.68. The first-order chi connectivity index (χ1) is 13.5. The fourth-order valence-corrected chi connectivity index (χ4v) is 3.40. The molecule has 0 saturated heterocycles. The highest BCUT2D eigenvalue weighted by Crippen LogP contribution is 2.31. The van der Waals surface area contributed by atoms with Gasteiger partial charge in [0.25, 0.3) is 10.1 Å². The lowest BCUT2D eigenvalue weighted by molar-refractivity contribution is 0.250. The molecule has 0 radical (unpaired) electrons. The van der Waals surface area contributed by atoms with Gasteiger partial charge in [-0.25, -0.2) is 4.79 Å². The highest BCUT2D eigenvalue weighted by atomic mass is 79.9. The van der Waals surface area contributed by atoms with Gasteiger partial charge in [-0.1, -0.05) is 26.8 Å². The average Bonchev–Trinajstić information content (AvgIpc) is 2.61. The molecule has 0 aliphatic carbocycles. The number of carbonyl (C=O) groups excluding carboxylic acids is 1. The van der Waals surface area contributed by atoms with Crippen LogP contribution in [0.15, 0.2) is 51.8 Å². The predicted molar refractivity (Wildman–Crippen MR) is 116 cm³/mol. The second-order valence-electron chi connectivity index (χ2n) is 7.48.